The number of carboxylic acids is 1. The molecule has 0 saturated heterocycles. The SMILES string of the molecule is C.CCC(=O)c1ccc(CC(C)(C)C(=O)O)cc1F.CCC(=O)c1ccc(NC(C)(C)C(=O)Nc2ccc(C#N)c(C(F)(F)F)c2)cc1F.N#Cc1ccc(N)cc1C(F)(F)F.S=C(Cl)Cl.[2H]CC. The van der Waals surface area contributed by atoms with Crippen molar-refractivity contribution in [1.82, 2.24) is 0 Å². The summed E-state index contributed by atoms with van der Waals surface area (Å²) >= 11 is 13.6. The molecule has 370 valence electrons. The first-order valence-corrected chi connectivity index (χ1v) is 20.5. The van der Waals surface area contributed by atoms with Crippen molar-refractivity contribution in [2.75, 3.05) is 16.4 Å². The summed E-state index contributed by atoms with van der Waals surface area (Å²) in [6, 6.07) is 16.9. The lowest BCUT2D eigenvalue weighted by Crippen LogP contribution is -2.44. The van der Waals surface area contributed by atoms with Crippen LogP contribution in [0.5, 0.6) is 0 Å². The number of aliphatic carboxylic acids is 1. The lowest BCUT2D eigenvalue weighted by molar-refractivity contribution is -0.147. The highest BCUT2D eigenvalue weighted by molar-refractivity contribution is 7.86. The molecule has 68 heavy (non-hydrogen) atoms. The second-order valence-corrected chi connectivity index (χ2v) is 16.4. The van der Waals surface area contributed by atoms with Gasteiger partial charge in [0.25, 0.3) is 0 Å². The lowest BCUT2D eigenvalue weighted by Gasteiger charge is -2.26. The second-order valence-electron chi connectivity index (χ2n) is 14.6. The summed E-state index contributed by atoms with van der Waals surface area (Å²) in [7, 11) is 0. The van der Waals surface area contributed by atoms with E-state index in [4.69, 9.17) is 45.9 Å². The van der Waals surface area contributed by atoms with Crippen LogP contribution >= 0.6 is 35.4 Å². The highest BCUT2D eigenvalue weighted by Gasteiger charge is 2.35. The van der Waals surface area contributed by atoms with E-state index in [-0.39, 0.29) is 70.2 Å². The van der Waals surface area contributed by atoms with Crippen molar-refractivity contribution >= 4 is 79.7 Å². The molecule has 0 spiro atoms. The van der Waals surface area contributed by atoms with E-state index in [2.05, 4.69) is 22.9 Å². The molecule has 4 aromatic carbocycles. The fraction of sp³-hybridized carbons (Fsp3) is 0.340. The highest BCUT2D eigenvalue weighted by atomic mass is 35.5. The third-order valence-electron chi connectivity index (χ3n) is 8.67. The first-order chi connectivity index (χ1) is 31.3. The fourth-order valence-corrected chi connectivity index (χ4v) is 5.23. The first-order valence-electron chi connectivity index (χ1n) is 20.1. The highest BCUT2D eigenvalue weighted by Crippen LogP contribution is 2.35. The molecule has 0 aliphatic heterocycles. The van der Waals surface area contributed by atoms with Gasteiger partial charge >= 0.3 is 18.3 Å². The number of nitrogen functional groups attached to an aromatic ring is 1. The van der Waals surface area contributed by atoms with E-state index < -0.39 is 69.1 Å². The lowest BCUT2D eigenvalue weighted by atomic mass is 9.85. The van der Waals surface area contributed by atoms with Crippen molar-refractivity contribution in [2.45, 2.75) is 99.9 Å². The Labute approximate surface area is 406 Å². The van der Waals surface area contributed by atoms with Gasteiger partial charge < -0.3 is 21.5 Å². The van der Waals surface area contributed by atoms with E-state index in [0.717, 1.165) is 24.3 Å². The van der Waals surface area contributed by atoms with Gasteiger partial charge in [0.05, 0.1) is 50.9 Å². The monoisotopic (exact) mass is 1020 g/mol. The third-order valence-corrected chi connectivity index (χ3v) is 8.67. The number of thiocarbonyl (C=S) groups is 1. The van der Waals surface area contributed by atoms with Crippen molar-refractivity contribution in [3.63, 3.8) is 0 Å². The molecule has 4 aromatic rings. The van der Waals surface area contributed by atoms with Gasteiger partial charge in [-0.1, -0.05) is 76.6 Å². The summed E-state index contributed by atoms with van der Waals surface area (Å²) in [5.41, 5.74) is 0.391. The molecule has 0 saturated carbocycles. The Morgan fingerprint density at radius 2 is 1.16 bits per heavy atom. The predicted octanol–water partition coefficient (Wildman–Crippen LogP) is 13.8. The summed E-state index contributed by atoms with van der Waals surface area (Å²) in [6.45, 7) is 11.6. The Morgan fingerprint density at radius 1 is 0.750 bits per heavy atom. The molecule has 0 heterocycles. The smallest absolute Gasteiger partial charge is 0.417 e. The second kappa shape index (κ2) is 28.2. The number of halogens is 10. The van der Waals surface area contributed by atoms with Gasteiger partial charge in [0.1, 0.15) is 17.2 Å². The largest absolute Gasteiger partial charge is 0.481 e. The average Bonchev–Trinajstić information content (AvgIpc) is 3.22. The van der Waals surface area contributed by atoms with E-state index in [0.29, 0.717) is 18.5 Å². The van der Waals surface area contributed by atoms with Crippen LogP contribution in [-0.2, 0) is 28.4 Å². The Bertz CT molecular complexity index is 2510. The Morgan fingerprint density at radius 3 is 1.56 bits per heavy atom. The molecule has 0 aliphatic carbocycles. The number of nitrogens with zero attached hydrogens (tertiary/aromatic N) is 2. The number of hydrogen-bond donors (Lipinski definition) is 4. The van der Waals surface area contributed by atoms with Gasteiger partial charge in [-0.15, -0.1) is 0 Å². The van der Waals surface area contributed by atoms with Crippen molar-refractivity contribution in [3.05, 3.63) is 123 Å². The van der Waals surface area contributed by atoms with E-state index in [1.807, 2.05) is 0 Å². The summed E-state index contributed by atoms with van der Waals surface area (Å²) in [6.07, 6.45) is -8.67. The van der Waals surface area contributed by atoms with Crippen LogP contribution in [0.3, 0.4) is 0 Å². The molecule has 0 bridgehead atoms. The van der Waals surface area contributed by atoms with E-state index in [1.54, 1.807) is 40.7 Å². The van der Waals surface area contributed by atoms with Gasteiger partial charge in [-0.2, -0.15) is 36.9 Å². The fourth-order valence-electron chi connectivity index (χ4n) is 5.23. The molecule has 10 nitrogen and oxygen atoms in total. The van der Waals surface area contributed by atoms with Gasteiger partial charge in [0.15, 0.2) is 15.3 Å². The van der Waals surface area contributed by atoms with Crippen LogP contribution in [0.15, 0.2) is 72.8 Å². The van der Waals surface area contributed by atoms with E-state index in [1.165, 1.54) is 62.4 Å². The summed E-state index contributed by atoms with van der Waals surface area (Å²) in [5.74, 6) is -3.56. The number of benzene rings is 4. The average molecular weight is 1020 g/mol. The maximum Gasteiger partial charge on any atom is 0.417 e. The first kappa shape index (κ1) is 61.9. The summed E-state index contributed by atoms with van der Waals surface area (Å²) < 4.78 is 110. The molecule has 0 unspecified atom stereocenters. The van der Waals surface area contributed by atoms with Crippen LogP contribution < -0.4 is 16.4 Å². The Hall–Kier alpha value is -6.15. The molecular formula is C47H51Cl2F8N5O5S. The minimum atomic E-state index is -4.76. The number of nitrogens with one attached hydrogen (secondary N) is 2. The molecule has 0 fully saturated rings. The number of nitrogens with two attached hydrogens (primary N) is 1. The maximum atomic E-state index is 14.1. The number of nitriles is 2. The van der Waals surface area contributed by atoms with Crippen LogP contribution in [0.1, 0.15) is 126 Å². The summed E-state index contributed by atoms with van der Waals surface area (Å²) in [5, 5.41) is 31.4. The zero-order chi connectivity index (χ0) is 53.0. The van der Waals surface area contributed by atoms with Gasteiger partial charge in [-0.25, -0.2) is 8.78 Å². The third kappa shape index (κ3) is 20.8. The van der Waals surface area contributed by atoms with Gasteiger partial charge in [-0.05, 0) is 106 Å². The number of rotatable bonds is 11. The van der Waals surface area contributed by atoms with Crippen LogP contribution in [0.2, 0.25) is 0 Å². The van der Waals surface area contributed by atoms with Crippen LogP contribution in [-0.4, -0.2) is 37.9 Å². The molecule has 4 rings (SSSR count). The van der Waals surface area contributed by atoms with E-state index in [9.17, 15) is 54.3 Å². The number of alkyl halides is 6. The molecule has 21 heteroatoms. The van der Waals surface area contributed by atoms with Gasteiger partial charge in [-0.3, -0.25) is 19.2 Å². The molecule has 0 atom stereocenters. The zero-order valence-corrected chi connectivity index (χ0v) is 39.3. The minimum absolute atomic E-state index is 0. The number of amides is 1. The topological polar surface area (TPSA) is 186 Å². The number of ketones is 2. The number of carboxylic acid groups (broad SMARTS) is 1. The van der Waals surface area contributed by atoms with E-state index >= 15 is 0 Å². The van der Waals surface area contributed by atoms with Crippen molar-refractivity contribution in [1.29, 1.82) is 10.5 Å². The quantitative estimate of drug-likeness (QED) is 0.0370. The predicted molar refractivity (Wildman–Crippen MR) is 253 cm³/mol. The molecule has 1 amide bonds. The molecule has 0 radical (unpaired) electrons. The number of carbonyl (C=O) groups excluding carboxylic acids is 3. The molecule has 0 aromatic heterocycles. The number of Topliss-reactive ketones (excluding diaryl/α,β-unsaturated/α-hetero) is 2. The normalized spacial score (nSPS) is 10.8. The maximum absolute atomic E-state index is 14.1. The van der Waals surface area contributed by atoms with Gasteiger partial charge in [0.2, 0.25) is 5.91 Å². The number of carbonyl (C=O) groups is 4. The van der Waals surface area contributed by atoms with Gasteiger partial charge in [0, 0.05) is 31.3 Å². The Balaban J connectivity index is 0. The molecule has 0 aliphatic rings. The van der Waals surface area contributed by atoms with Crippen molar-refractivity contribution in [3.8, 4) is 12.1 Å². The van der Waals surface area contributed by atoms with Crippen molar-refractivity contribution in [2.24, 2.45) is 5.41 Å². The zero-order valence-electron chi connectivity index (χ0n) is 38.0. The standard InChI is InChI=1S/C21H19F4N3O2.C14H17FO3.C8H5F3N2.C2H6.CCl2S.CH4/c1-4-18(29)15-8-7-14(10-17(15)22)28-20(2,3)19(30)27-13-6-5-12(11-26)16(9-13)21(23,24)25;1-4-12(16)10-6-5-9(7-11(10)15)8-14(2,3)13(17)18;9-8(10,11)7-3-6(13)2-1-5(7)4-12;1-2;2-1(3)4;/h5-10,28H,4H2,1-3H3,(H,27,30);5-7H,4,8H2,1-3H3,(H,17,18);1-3H,13H2;1-2H3;;1H4/i;;;1D;;. The summed E-state index contributed by atoms with van der Waals surface area (Å²) in [4.78, 5) is 46.6. The van der Waals surface area contributed by atoms with Crippen LogP contribution in [0.25, 0.3) is 0 Å². The molecule has 5 N–H and O–H groups in total. The molecular weight excluding hydrogens is 970 g/mol. The van der Waals surface area contributed by atoms with Crippen LogP contribution in [0.4, 0.5) is 52.2 Å². The van der Waals surface area contributed by atoms with Crippen LogP contribution in [0, 0.1) is 39.7 Å². The van der Waals surface area contributed by atoms with Crippen molar-refractivity contribution < 1.29 is 60.8 Å². The minimum Gasteiger partial charge on any atom is -0.481 e. The Kier molecular flexibility index (Phi) is 25.7. The number of hydrogen-bond acceptors (Lipinski definition) is 9. The number of anilines is 3.